The minimum Gasteiger partial charge on any atom is -0.472 e. The highest BCUT2D eigenvalue weighted by Gasteiger charge is 2.18. The third-order valence-electron chi connectivity index (χ3n) is 5.78. The molecule has 8 nitrogen and oxygen atoms in total. The van der Waals surface area contributed by atoms with Gasteiger partial charge >= 0.3 is 0 Å². The van der Waals surface area contributed by atoms with Gasteiger partial charge in [-0.2, -0.15) is 5.10 Å². The smallest absolute Gasteiger partial charge is 0.160 e. The Bertz CT molecular complexity index is 1620. The fourth-order valence-corrected chi connectivity index (χ4v) is 4.11. The van der Waals surface area contributed by atoms with Crippen LogP contribution in [0.2, 0.25) is 0 Å². The van der Waals surface area contributed by atoms with Crippen molar-refractivity contribution in [3.05, 3.63) is 72.8 Å². The van der Waals surface area contributed by atoms with Crippen molar-refractivity contribution in [2.45, 2.75) is 13.5 Å². The first-order valence-electron chi connectivity index (χ1n) is 10.9. The van der Waals surface area contributed by atoms with Crippen LogP contribution in [0.1, 0.15) is 12.5 Å². The summed E-state index contributed by atoms with van der Waals surface area (Å²) >= 11 is 0. The highest BCUT2D eigenvalue weighted by atomic mass is 19.1. The van der Waals surface area contributed by atoms with Gasteiger partial charge in [0.1, 0.15) is 17.0 Å². The molecule has 0 unspecified atom stereocenters. The molecule has 0 saturated heterocycles. The number of benzene rings is 1. The molecule has 3 N–H and O–H groups in total. The molecule has 1 aromatic carbocycles. The molecular weight excluding hydrogens is 433 g/mol. The number of halogens is 1. The number of hydrogen-bond donors (Lipinski definition) is 3. The number of nitrogens with one attached hydrogen (secondary N) is 3. The molecule has 9 heteroatoms. The minimum atomic E-state index is -0.349. The number of fused-ring (bicyclic) bond motifs is 2. The van der Waals surface area contributed by atoms with Crippen molar-refractivity contribution in [3.8, 4) is 33.8 Å². The molecule has 5 aromatic heterocycles. The lowest BCUT2D eigenvalue weighted by molar-refractivity contribution is 0.568. The van der Waals surface area contributed by atoms with Crippen LogP contribution in [0.15, 0.2) is 65.9 Å². The van der Waals surface area contributed by atoms with E-state index in [9.17, 15) is 0 Å². The topological polar surface area (TPSA) is 108 Å². The van der Waals surface area contributed by atoms with Crippen LogP contribution >= 0.6 is 0 Å². The van der Waals surface area contributed by atoms with Crippen LogP contribution in [0.5, 0.6) is 0 Å². The molecule has 0 fully saturated rings. The van der Waals surface area contributed by atoms with Gasteiger partial charge in [0.25, 0.3) is 0 Å². The summed E-state index contributed by atoms with van der Waals surface area (Å²) in [5.74, 6) is 0.194. The lowest BCUT2D eigenvalue weighted by Gasteiger charge is -2.07. The maximum Gasteiger partial charge on any atom is 0.160 e. The van der Waals surface area contributed by atoms with Crippen LogP contribution in [0.25, 0.3) is 55.8 Å². The van der Waals surface area contributed by atoms with Crippen molar-refractivity contribution in [2.24, 2.45) is 0 Å². The summed E-state index contributed by atoms with van der Waals surface area (Å²) in [5, 5.41) is 11.4. The van der Waals surface area contributed by atoms with Crippen molar-refractivity contribution in [3.63, 3.8) is 0 Å². The predicted molar refractivity (Wildman–Crippen MR) is 127 cm³/mol. The van der Waals surface area contributed by atoms with E-state index in [1.807, 2.05) is 25.1 Å². The second-order valence-corrected chi connectivity index (χ2v) is 7.97. The molecule has 6 rings (SSSR count). The number of rotatable bonds is 6. The van der Waals surface area contributed by atoms with E-state index in [1.165, 1.54) is 6.07 Å². The number of imidazole rings is 1. The average molecular weight is 453 g/mol. The second kappa shape index (κ2) is 8.20. The largest absolute Gasteiger partial charge is 0.472 e. The number of furan rings is 1. The summed E-state index contributed by atoms with van der Waals surface area (Å²) < 4.78 is 20.3. The molecule has 0 aliphatic heterocycles. The Balaban J connectivity index is 1.47. The van der Waals surface area contributed by atoms with E-state index in [0.29, 0.717) is 45.9 Å². The molecule has 168 valence electrons. The van der Waals surface area contributed by atoms with E-state index in [2.05, 4.69) is 30.5 Å². The van der Waals surface area contributed by atoms with Crippen LogP contribution in [-0.2, 0) is 6.54 Å². The van der Waals surface area contributed by atoms with Gasteiger partial charge in [0.15, 0.2) is 11.5 Å². The lowest BCUT2D eigenvalue weighted by Crippen LogP contribution is -2.11. The summed E-state index contributed by atoms with van der Waals surface area (Å²) in [4.78, 5) is 16.7. The van der Waals surface area contributed by atoms with Crippen molar-refractivity contribution < 1.29 is 8.81 Å². The summed E-state index contributed by atoms with van der Waals surface area (Å²) in [7, 11) is 0. The Hall–Kier alpha value is -4.37. The Labute approximate surface area is 193 Å². The highest BCUT2D eigenvalue weighted by molar-refractivity contribution is 5.97. The number of hydrogen-bond acceptors (Lipinski definition) is 6. The summed E-state index contributed by atoms with van der Waals surface area (Å²) in [5.41, 5.74) is 6.46. The molecule has 0 radical (unpaired) electrons. The molecule has 0 aliphatic rings. The zero-order valence-corrected chi connectivity index (χ0v) is 18.3. The first kappa shape index (κ1) is 20.3. The molecule has 0 spiro atoms. The Kier molecular flexibility index (Phi) is 4.88. The first-order chi connectivity index (χ1) is 16.7. The molecule has 34 heavy (non-hydrogen) atoms. The minimum absolute atomic E-state index is 0.349. The zero-order valence-electron chi connectivity index (χ0n) is 18.3. The number of aromatic amines is 2. The van der Waals surface area contributed by atoms with Gasteiger partial charge in [-0.25, -0.2) is 14.4 Å². The Morgan fingerprint density at radius 2 is 2.03 bits per heavy atom. The standard InChI is InChI=1S/C25H20FN7O/c1-2-27-10-14-7-16(12-28-11-14)18-8-19-21(9-20(18)26)32-33-23(19)25-30-22-17(15-4-6-34-13-15)3-5-29-24(22)31-25/h3-9,11-13,27H,2,10H2,1H3,(H,32,33)(H,29,30,31). The Morgan fingerprint density at radius 1 is 1.09 bits per heavy atom. The summed E-state index contributed by atoms with van der Waals surface area (Å²) in [6.45, 7) is 3.55. The molecule has 0 bridgehead atoms. The van der Waals surface area contributed by atoms with Gasteiger partial charge in [-0.1, -0.05) is 6.92 Å². The van der Waals surface area contributed by atoms with Crippen molar-refractivity contribution >= 4 is 22.1 Å². The molecule has 0 atom stereocenters. The first-order valence-corrected chi connectivity index (χ1v) is 10.9. The fourth-order valence-electron chi connectivity index (χ4n) is 4.11. The van der Waals surface area contributed by atoms with Crippen LogP contribution < -0.4 is 5.32 Å². The lowest BCUT2D eigenvalue weighted by atomic mass is 10.0. The van der Waals surface area contributed by atoms with Gasteiger partial charge in [-0.05, 0) is 36.4 Å². The Morgan fingerprint density at radius 3 is 2.88 bits per heavy atom. The SMILES string of the molecule is CCNCc1cncc(-c2cc3c(-c4nc5c(-c6ccoc6)ccnc5[nH]4)n[nH]c3cc2F)c1. The van der Waals surface area contributed by atoms with Gasteiger partial charge < -0.3 is 14.7 Å². The number of pyridine rings is 2. The monoisotopic (exact) mass is 453 g/mol. The average Bonchev–Trinajstić information content (AvgIpc) is 3.61. The van der Waals surface area contributed by atoms with E-state index in [1.54, 1.807) is 37.2 Å². The third-order valence-corrected chi connectivity index (χ3v) is 5.78. The van der Waals surface area contributed by atoms with Crippen molar-refractivity contribution in [1.29, 1.82) is 0 Å². The molecular formula is C25H20FN7O. The number of aromatic nitrogens is 6. The van der Waals surface area contributed by atoms with Gasteiger partial charge in [0.05, 0.1) is 18.0 Å². The fraction of sp³-hybridized carbons (Fsp3) is 0.120. The number of nitrogens with zero attached hydrogens (tertiary/aromatic N) is 4. The van der Waals surface area contributed by atoms with E-state index in [4.69, 9.17) is 9.40 Å². The van der Waals surface area contributed by atoms with Crippen molar-refractivity contribution in [1.82, 2.24) is 35.5 Å². The van der Waals surface area contributed by atoms with E-state index in [-0.39, 0.29) is 5.82 Å². The molecule has 6 aromatic rings. The van der Waals surface area contributed by atoms with Crippen molar-refractivity contribution in [2.75, 3.05) is 6.54 Å². The quantitative estimate of drug-likeness (QED) is 0.325. The molecule has 0 aliphatic carbocycles. The molecule has 0 amide bonds. The van der Waals surface area contributed by atoms with Gasteiger partial charge in [-0.15, -0.1) is 0 Å². The third kappa shape index (κ3) is 3.43. The maximum atomic E-state index is 15.0. The zero-order chi connectivity index (χ0) is 23.1. The van der Waals surface area contributed by atoms with E-state index >= 15 is 4.39 Å². The second-order valence-electron chi connectivity index (χ2n) is 7.97. The van der Waals surface area contributed by atoms with Crippen LogP contribution in [-0.4, -0.2) is 36.7 Å². The van der Waals surface area contributed by atoms with Gasteiger partial charge in [0.2, 0.25) is 0 Å². The van der Waals surface area contributed by atoms with Gasteiger partial charge in [-0.3, -0.25) is 10.1 Å². The highest BCUT2D eigenvalue weighted by Crippen LogP contribution is 2.34. The maximum absolute atomic E-state index is 15.0. The normalized spacial score (nSPS) is 11.6. The number of H-pyrrole nitrogens is 2. The van der Waals surface area contributed by atoms with Crippen LogP contribution in [0.3, 0.4) is 0 Å². The predicted octanol–water partition coefficient (Wildman–Crippen LogP) is 5.07. The van der Waals surface area contributed by atoms with E-state index in [0.717, 1.165) is 28.6 Å². The summed E-state index contributed by atoms with van der Waals surface area (Å²) in [6.07, 6.45) is 8.46. The van der Waals surface area contributed by atoms with Crippen LogP contribution in [0.4, 0.5) is 4.39 Å². The molecule has 0 saturated carbocycles. The van der Waals surface area contributed by atoms with E-state index < -0.39 is 0 Å². The summed E-state index contributed by atoms with van der Waals surface area (Å²) in [6, 6.07) is 8.95. The van der Waals surface area contributed by atoms with Crippen LogP contribution in [0, 0.1) is 5.82 Å². The molecule has 5 heterocycles. The van der Waals surface area contributed by atoms with Gasteiger partial charge in [0, 0.05) is 58.8 Å².